The van der Waals surface area contributed by atoms with Gasteiger partial charge in [0.05, 0.1) is 52.8 Å². The molecule has 57 heavy (non-hydrogen) atoms. The molecule has 0 spiro atoms. The third-order valence-electron chi connectivity index (χ3n) is 8.31. The zero-order valence-electron chi connectivity index (χ0n) is 31.4. The van der Waals surface area contributed by atoms with E-state index in [1.807, 2.05) is 4.90 Å². The van der Waals surface area contributed by atoms with Crippen molar-refractivity contribution in [2.24, 2.45) is 0 Å². The van der Waals surface area contributed by atoms with Crippen molar-refractivity contribution in [2.75, 3.05) is 74.4 Å². The summed E-state index contributed by atoms with van der Waals surface area (Å²) in [6, 6.07) is 10.6. The van der Waals surface area contributed by atoms with Crippen LogP contribution < -0.4 is 29.7 Å². The fourth-order valence-corrected chi connectivity index (χ4v) is 6.64. The topological polar surface area (TPSA) is 200 Å². The van der Waals surface area contributed by atoms with Gasteiger partial charge < -0.3 is 49.2 Å². The molecule has 0 unspecified atom stereocenters. The maximum Gasteiger partial charge on any atom is 0.586 e. The molecular formula is C36H41ClF2N8O9S. The number of piperazine rings is 1. The molecule has 2 aliphatic heterocycles. The molecule has 3 N–H and O–H groups in total. The van der Waals surface area contributed by atoms with Gasteiger partial charge in [0.2, 0.25) is 11.9 Å². The zero-order chi connectivity index (χ0) is 41.0. The van der Waals surface area contributed by atoms with Crippen LogP contribution in [0.2, 0.25) is 5.02 Å². The van der Waals surface area contributed by atoms with E-state index < -0.39 is 33.9 Å². The summed E-state index contributed by atoms with van der Waals surface area (Å²) in [6.07, 6.45) is -1.85. The van der Waals surface area contributed by atoms with Crippen molar-refractivity contribution in [3.8, 4) is 17.5 Å². The smallest absolute Gasteiger partial charge is 0.461 e. The lowest BCUT2D eigenvalue weighted by Crippen LogP contribution is -2.50. The van der Waals surface area contributed by atoms with Gasteiger partial charge in [-0.3, -0.25) is 4.98 Å². The van der Waals surface area contributed by atoms with Gasteiger partial charge >= 0.3 is 18.4 Å². The summed E-state index contributed by atoms with van der Waals surface area (Å²) in [5.41, 5.74) is 0.159. The first kappa shape index (κ1) is 41.3. The first-order valence-corrected chi connectivity index (χ1v) is 19.9. The van der Waals surface area contributed by atoms with Gasteiger partial charge in [0, 0.05) is 44.2 Å². The molecule has 4 heterocycles. The van der Waals surface area contributed by atoms with Crippen molar-refractivity contribution in [3.63, 3.8) is 0 Å². The lowest BCUT2D eigenvalue weighted by atomic mass is 10.0. The van der Waals surface area contributed by atoms with Crippen LogP contribution in [0.1, 0.15) is 38.1 Å². The number of para-hydroxylation sites is 1. The number of carbonyl (C=O) groups is 1. The van der Waals surface area contributed by atoms with E-state index in [0.29, 0.717) is 26.2 Å². The second-order valence-electron chi connectivity index (χ2n) is 13.8. The minimum Gasteiger partial charge on any atom is -0.461 e. The van der Waals surface area contributed by atoms with Crippen molar-refractivity contribution in [3.05, 3.63) is 71.0 Å². The second kappa shape index (κ2) is 17.0. The number of amides is 1. The molecule has 4 aromatic rings. The number of benzene rings is 2. The minimum absolute atomic E-state index is 0.0183. The van der Waals surface area contributed by atoms with Gasteiger partial charge in [0.1, 0.15) is 12.2 Å². The molecule has 2 aromatic heterocycles. The van der Waals surface area contributed by atoms with Crippen LogP contribution in [-0.2, 0) is 19.3 Å². The standard InChI is InChI=1S/C36H41ClF2N8O9S/c1-35(2,3)56-34(49)47-15-13-46(14-16-47)32-43-31(44-33(45-32)53-20-19-52-18-17-48)42-26-21-22(57(4,50)51)10-11-25(26)41-28(29-24(37)8-6-12-40-29)23-7-5-9-27-30(23)55-36(38,39)54-27/h5-12,21,28,41,48H,13-20H2,1-4H3,(H,42,43,44,45)/t28-/m0/s1. The quantitative estimate of drug-likeness (QED) is 0.143. The van der Waals surface area contributed by atoms with E-state index in [2.05, 4.69) is 30.6 Å². The Morgan fingerprint density at radius 3 is 2.49 bits per heavy atom. The molecule has 2 aromatic carbocycles. The van der Waals surface area contributed by atoms with Gasteiger partial charge in [-0.2, -0.15) is 15.0 Å². The summed E-state index contributed by atoms with van der Waals surface area (Å²) in [7, 11) is -3.75. The monoisotopic (exact) mass is 834 g/mol. The number of pyridine rings is 1. The fourth-order valence-electron chi connectivity index (χ4n) is 5.76. The van der Waals surface area contributed by atoms with Gasteiger partial charge in [-0.25, -0.2) is 13.2 Å². The highest BCUT2D eigenvalue weighted by molar-refractivity contribution is 7.90. The van der Waals surface area contributed by atoms with Crippen molar-refractivity contribution in [2.45, 2.75) is 43.6 Å². The van der Waals surface area contributed by atoms with Crippen LogP contribution in [0.25, 0.3) is 0 Å². The number of anilines is 4. The van der Waals surface area contributed by atoms with E-state index in [4.69, 9.17) is 40.4 Å². The van der Waals surface area contributed by atoms with E-state index in [-0.39, 0.29) is 88.4 Å². The van der Waals surface area contributed by atoms with Crippen LogP contribution in [0.5, 0.6) is 17.5 Å². The number of hydrogen-bond acceptors (Lipinski definition) is 16. The second-order valence-corrected chi connectivity index (χ2v) is 16.2. The number of aromatic nitrogens is 4. The summed E-state index contributed by atoms with van der Waals surface area (Å²) in [4.78, 5) is 34.0. The third-order valence-corrected chi connectivity index (χ3v) is 9.74. The van der Waals surface area contributed by atoms with Gasteiger partial charge in [-0.05, 0) is 57.2 Å². The Morgan fingerprint density at radius 2 is 1.79 bits per heavy atom. The number of carbonyl (C=O) groups excluding carboxylic acids is 1. The van der Waals surface area contributed by atoms with Crippen molar-refractivity contribution < 1.29 is 50.8 Å². The SMILES string of the molecule is CC(C)(C)OC(=O)N1CCN(c2nc(Nc3cc(S(C)(=O)=O)ccc3N[C@@H](c3cccc4c3OC(F)(F)O4)c3ncccc3Cl)nc(OCCOCCO)n2)CC1. The number of fused-ring (bicyclic) bond motifs is 1. The number of aliphatic hydroxyl groups excluding tert-OH is 1. The molecule has 6 rings (SSSR count). The summed E-state index contributed by atoms with van der Waals surface area (Å²) >= 11 is 6.62. The van der Waals surface area contributed by atoms with E-state index in [0.717, 1.165) is 6.26 Å². The molecule has 17 nitrogen and oxygen atoms in total. The largest absolute Gasteiger partial charge is 0.586 e. The average Bonchev–Trinajstić information content (AvgIpc) is 3.47. The molecule has 1 atom stereocenters. The lowest BCUT2D eigenvalue weighted by Gasteiger charge is -2.35. The normalized spacial score (nSPS) is 15.6. The molecular weight excluding hydrogens is 794 g/mol. The Bertz CT molecular complexity index is 2190. The highest BCUT2D eigenvalue weighted by atomic mass is 35.5. The molecule has 1 fully saturated rings. The maximum absolute atomic E-state index is 14.4. The van der Waals surface area contributed by atoms with Crippen LogP contribution in [-0.4, -0.2) is 115 Å². The first-order chi connectivity index (χ1) is 27.0. The third kappa shape index (κ3) is 10.6. The highest BCUT2D eigenvalue weighted by Gasteiger charge is 2.45. The Morgan fingerprint density at radius 1 is 1.02 bits per heavy atom. The molecule has 0 aliphatic carbocycles. The summed E-state index contributed by atoms with van der Waals surface area (Å²) in [5.74, 6) is -0.324. The summed E-state index contributed by atoms with van der Waals surface area (Å²) in [6.45, 7) is 6.70. The Labute approximate surface area is 332 Å². The Kier molecular flexibility index (Phi) is 12.4. The van der Waals surface area contributed by atoms with Crippen LogP contribution in [0.4, 0.5) is 36.8 Å². The first-order valence-electron chi connectivity index (χ1n) is 17.7. The van der Waals surface area contributed by atoms with Crippen molar-refractivity contribution >= 4 is 50.8 Å². The number of aliphatic hydroxyl groups is 1. The van der Waals surface area contributed by atoms with Gasteiger partial charge in [-0.15, -0.1) is 8.78 Å². The number of sulfone groups is 1. The maximum atomic E-state index is 14.4. The number of nitrogens with one attached hydrogen (secondary N) is 2. The van der Waals surface area contributed by atoms with Crippen molar-refractivity contribution in [1.29, 1.82) is 0 Å². The number of hydrogen-bond donors (Lipinski definition) is 3. The number of rotatable bonds is 14. The Balaban J connectivity index is 1.36. The predicted octanol–water partition coefficient (Wildman–Crippen LogP) is 5.03. The fraction of sp³-hybridized carbons (Fsp3) is 0.417. The minimum atomic E-state index is -3.93. The lowest BCUT2D eigenvalue weighted by molar-refractivity contribution is -0.287. The number of alkyl halides is 2. The van der Waals surface area contributed by atoms with Crippen molar-refractivity contribution in [1.82, 2.24) is 24.8 Å². The predicted molar refractivity (Wildman–Crippen MR) is 203 cm³/mol. The number of nitrogens with zero attached hydrogens (tertiary/aromatic N) is 6. The molecule has 0 bridgehead atoms. The zero-order valence-corrected chi connectivity index (χ0v) is 32.9. The average molecular weight is 835 g/mol. The van der Waals surface area contributed by atoms with Crippen LogP contribution >= 0.6 is 11.6 Å². The van der Waals surface area contributed by atoms with Gasteiger partial charge in [0.15, 0.2) is 21.3 Å². The van der Waals surface area contributed by atoms with Gasteiger partial charge in [-0.1, -0.05) is 23.7 Å². The summed E-state index contributed by atoms with van der Waals surface area (Å²) in [5, 5.41) is 15.6. The van der Waals surface area contributed by atoms with Crippen LogP contribution in [0.15, 0.2) is 59.6 Å². The van der Waals surface area contributed by atoms with Gasteiger partial charge in [0.25, 0.3) is 0 Å². The number of ether oxygens (including phenoxy) is 5. The van der Waals surface area contributed by atoms with Crippen LogP contribution in [0.3, 0.4) is 0 Å². The highest BCUT2D eigenvalue weighted by Crippen LogP contribution is 2.48. The summed E-state index contributed by atoms with van der Waals surface area (Å²) < 4.78 is 80.6. The van der Waals surface area contributed by atoms with Crippen LogP contribution in [0, 0.1) is 0 Å². The Hall–Kier alpha value is -5.31. The molecule has 0 saturated carbocycles. The van der Waals surface area contributed by atoms with E-state index in [9.17, 15) is 22.0 Å². The van der Waals surface area contributed by atoms with E-state index >= 15 is 0 Å². The molecule has 21 heteroatoms. The van der Waals surface area contributed by atoms with E-state index in [1.165, 1.54) is 36.5 Å². The molecule has 306 valence electrons. The van der Waals surface area contributed by atoms with E-state index in [1.54, 1.807) is 43.9 Å². The molecule has 0 radical (unpaired) electrons. The molecule has 1 saturated heterocycles. The molecule has 1 amide bonds. The number of halogens is 3. The molecule has 2 aliphatic rings.